The first-order chi connectivity index (χ1) is 23.4. The zero-order chi connectivity index (χ0) is 34.8. The van der Waals surface area contributed by atoms with Crippen LogP contribution < -0.4 is 0 Å². The van der Waals surface area contributed by atoms with Gasteiger partial charge in [-0.3, -0.25) is 9.59 Å². The van der Waals surface area contributed by atoms with Crippen molar-refractivity contribution in [1.29, 1.82) is 0 Å². The van der Waals surface area contributed by atoms with Gasteiger partial charge in [-0.05, 0) is 83.2 Å². The van der Waals surface area contributed by atoms with Gasteiger partial charge in [-0.25, -0.2) is 9.59 Å². The van der Waals surface area contributed by atoms with Gasteiger partial charge in [-0.15, -0.1) is 0 Å². The summed E-state index contributed by atoms with van der Waals surface area (Å²) in [5.41, 5.74) is 0. The lowest BCUT2D eigenvalue weighted by molar-refractivity contribution is -0.213. The summed E-state index contributed by atoms with van der Waals surface area (Å²) in [7, 11) is 0. The third-order valence-corrected chi connectivity index (χ3v) is 11.5. The van der Waals surface area contributed by atoms with Gasteiger partial charge in [-0.2, -0.15) is 0 Å². The topological polar surface area (TPSA) is 151 Å². The minimum absolute atomic E-state index is 0.0493. The number of hydrogen-bond donors (Lipinski definition) is 0. The molecular formula is C34H44I2O13. The van der Waals surface area contributed by atoms with E-state index in [1.807, 2.05) is 0 Å². The summed E-state index contributed by atoms with van der Waals surface area (Å²) >= 11 is 3.54. The Morgan fingerprint density at radius 1 is 0.755 bits per heavy atom. The highest BCUT2D eigenvalue weighted by Crippen LogP contribution is 2.55. The monoisotopic (exact) mass is 914 g/mol. The van der Waals surface area contributed by atoms with Crippen molar-refractivity contribution in [3.63, 3.8) is 0 Å². The Hall–Kier alpha value is -1.22. The summed E-state index contributed by atoms with van der Waals surface area (Å²) in [4.78, 5) is 49.5. The molecule has 0 N–H and O–H groups in total. The van der Waals surface area contributed by atoms with Gasteiger partial charge in [0.15, 0.2) is 29.8 Å². The first-order valence-electron chi connectivity index (χ1n) is 17.1. The van der Waals surface area contributed by atoms with Crippen molar-refractivity contribution < 1.29 is 61.8 Å². The highest BCUT2D eigenvalue weighted by Gasteiger charge is 2.60. The number of halogens is 2. The lowest BCUT2D eigenvalue weighted by Gasteiger charge is -2.34. The Kier molecular flexibility index (Phi) is 12.1. The number of carbonyl (C=O) groups excluding carboxylic acids is 4. The molecule has 3 heterocycles. The van der Waals surface area contributed by atoms with E-state index in [0.29, 0.717) is 19.4 Å². The fourth-order valence-corrected chi connectivity index (χ4v) is 8.68. The molecule has 13 nitrogen and oxygen atoms in total. The van der Waals surface area contributed by atoms with Crippen LogP contribution in [0.1, 0.15) is 70.6 Å². The van der Waals surface area contributed by atoms with Gasteiger partial charge in [0, 0.05) is 38.0 Å². The summed E-state index contributed by atoms with van der Waals surface area (Å²) in [5, 5.41) is 0. The molecular weight excluding hydrogens is 870 g/mol. The van der Waals surface area contributed by atoms with Gasteiger partial charge >= 0.3 is 17.9 Å². The van der Waals surface area contributed by atoms with E-state index in [1.54, 1.807) is 45.2 Å². The third kappa shape index (κ3) is 8.54. The Bertz CT molecular complexity index is 1320. The van der Waals surface area contributed by atoms with Crippen LogP contribution in [-0.2, 0) is 61.8 Å². The van der Waals surface area contributed by atoms with Crippen molar-refractivity contribution in [2.75, 3.05) is 39.6 Å². The molecule has 0 aromatic heterocycles. The van der Waals surface area contributed by atoms with Crippen molar-refractivity contribution in [2.45, 2.75) is 106 Å². The maximum atomic E-state index is 13.7. The lowest BCUT2D eigenvalue weighted by atomic mass is 9.85. The fourth-order valence-electron chi connectivity index (χ4n) is 8.37. The quantitative estimate of drug-likeness (QED) is 0.110. The first-order valence-corrected chi connectivity index (χ1v) is 19.2. The number of ether oxygens (including phenoxy) is 9. The summed E-state index contributed by atoms with van der Waals surface area (Å²) in [6.45, 7) is 7.44. The largest absolute Gasteiger partial charge is 0.463 e. The Balaban J connectivity index is 1.04. The molecule has 3 saturated heterocycles. The molecule has 6 rings (SSSR count). The normalized spacial score (nSPS) is 35.3. The van der Waals surface area contributed by atoms with Crippen LogP contribution in [0, 0.1) is 17.8 Å². The average Bonchev–Trinajstić information content (AvgIpc) is 3.93. The number of rotatable bonds is 13. The molecule has 49 heavy (non-hydrogen) atoms. The number of esters is 3. The fraction of sp³-hybridized carbons (Fsp3) is 0.765. The predicted octanol–water partition coefficient (Wildman–Crippen LogP) is 4.60. The maximum absolute atomic E-state index is 13.7. The Labute approximate surface area is 313 Å². The van der Waals surface area contributed by atoms with Crippen LogP contribution in [0.2, 0.25) is 0 Å². The number of hydrogen-bond acceptors (Lipinski definition) is 13. The molecule has 0 aromatic carbocycles. The van der Waals surface area contributed by atoms with Crippen LogP contribution in [0.25, 0.3) is 0 Å². The van der Waals surface area contributed by atoms with E-state index in [1.165, 1.54) is 0 Å². The van der Waals surface area contributed by atoms with Crippen LogP contribution in [0.4, 0.5) is 0 Å². The van der Waals surface area contributed by atoms with Gasteiger partial charge in [0.05, 0.1) is 51.5 Å². The average molecular weight is 915 g/mol. The van der Waals surface area contributed by atoms with Crippen LogP contribution >= 0.6 is 45.2 Å². The molecule has 3 aliphatic carbocycles. The van der Waals surface area contributed by atoms with Crippen molar-refractivity contribution in [3.05, 3.63) is 20.3 Å². The Morgan fingerprint density at radius 3 is 2.14 bits per heavy atom. The summed E-state index contributed by atoms with van der Waals surface area (Å²) in [5.74, 6) is -4.68. The molecule has 3 aliphatic heterocycles. The molecule has 272 valence electrons. The second kappa shape index (κ2) is 15.8. The molecule has 6 aliphatic rings. The van der Waals surface area contributed by atoms with Crippen LogP contribution in [-0.4, -0.2) is 99.0 Å². The lowest BCUT2D eigenvalue weighted by Crippen LogP contribution is -2.44. The minimum Gasteiger partial charge on any atom is -0.463 e. The number of carbonyl (C=O) groups is 4. The Morgan fingerprint density at radius 2 is 1.43 bits per heavy atom. The van der Waals surface area contributed by atoms with Crippen molar-refractivity contribution in [3.8, 4) is 0 Å². The van der Waals surface area contributed by atoms with Gasteiger partial charge < -0.3 is 42.6 Å². The molecule has 8 unspecified atom stereocenters. The molecule has 3 spiro atoms. The third-order valence-electron chi connectivity index (χ3n) is 10.6. The van der Waals surface area contributed by atoms with Crippen molar-refractivity contribution in [1.82, 2.24) is 0 Å². The van der Waals surface area contributed by atoms with Crippen LogP contribution in [0.5, 0.6) is 0 Å². The number of Topliss-reactive ketones (excluding diaryl/α,β-unsaturated/α-hetero) is 1. The first kappa shape index (κ1) is 37.5. The van der Waals surface area contributed by atoms with E-state index < -0.39 is 66.1 Å². The number of ketones is 1. The second-order valence-corrected chi connectivity index (χ2v) is 16.4. The molecule has 6 fully saturated rings. The van der Waals surface area contributed by atoms with E-state index in [2.05, 4.69) is 13.2 Å². The maximum Gasteiger partial charge on any atom is 0.344 e. The van der Waals surface area contributed by atoms with E-state index in [0.717, 1.165) is 51.4 Å². The predicted molar refractivity (Wildman–Crippen MR) is 186 cm³/mol. The van der Waals surface area contributed by atoms with Crippen molar-refractivity contribution >= 4 is 68.9 Å². The van der Waals surface area contributed by atoms with Crippen LogP contribution in [0.3, 0.4) is 0 Å². The molecule has 15 heteroatoms. The van der Waals surface area contributed by atoms with E-state index >= 15 is 0 Å². The molecule has 0 aromatic rings. The van der Waals surface area contributed by atoms with Crippen LogP contribution in [0.15, 0.2) is 20.3 Å². The van der Waals surface area contributed by atoms with E-state index in [4.69, 9.17) is 42.6 Å². The molecule has 0 bridgehead atoms. The van der Waals surface area contributed by atoms with E-state index in [9.17, 15) is 19.2 Å². The molecule has 0 radical (unpaired) electrons. The van der Waals surface area contributed by atoms with Gasteiger partial charge in [-0.1, -0.05) is 13.2 Å². The highest BCUT2D eigenvalue weighted by molar-refractivity contribution is 14.1. The zero-order valence-corrected chi connectivity index (χ0v) is 31.8. The summed E-state index contributed by atoms with van der Waals surface area (Å²) in [6.07, 6.45) is 6.73. The second-order valence-electron chi connectivity index (χ2n) is 13.8. The van der Waals surface area contributed by atoms with Gasteiger partial charge in [0.2, 0.25) is 0 Å². The highest BCUT2D eigenvalue weighted by atomic mass is 127. The van der Waals surface area contributed by atoms with Gasteiger partial charge in [0.25, 0.3) is 0 Å². The standard InChI is InChI=1S/C34H44I2O13/c1-20(35)30(39)41-13-8-28(38)42-15-23-16-46-34(47-23)11-5-6-24(34)22-7-12-33(14-22)45-19-27(49-33)29(25(37)17-43-31(40)21(2)36)26-18-44-32(48-26)9-3-4-10-32/h22-24,26-27,29H,1-19H2. The van der Waals surface area contributed by atoms with Gasteiger partial charge in [0.1, 0.15) is 19.3 Å². The minimum atomic E-state index is -0.851. The van der Waals surface area contributed by atoms with E-state index in [-0.39, 0.29) is 57.6 Å². The molecule has 0 amide bonds. The zero-order valence-electron chi connectivity index (χ0n) is 27.5. The summed E-state index contributed by atoms with van der Waals surface area (Å²) < 4.78 is 54.5. The molecule has 8 atom stereocenters. The molecule has 3 saturated carbocycles. The smallest absolute Gasteiger partial charge is 0.344 e. The SMILES string of the molecule is C=C(I)C(=O)OCCC(=O)OCC1COC2(CCCC2C2CCC3(C2)OCC(C(C(=O)COC(=O)C(=C)I)C2COC4(CCCC4)O2)O3)O1. The van der Waals surface area contributed by atoms with Crippen molar-refractivity contribution in [2.24, 2.45) is 17.8 Å². The summed E-state index contributed by atoms with van der Waals surface area (Å²) in [6, 6.07) is 0.